The van der Waals surface area contributed by atoms with Crippen molar-refractivity contribution in [1.29, 1.82) is 0 Å². The first-order valence-corrected chi connectivity index (χ1v) is 8.83. The molecule has 0 saturated carbocycles. The number of urea groups is 1. The molecule has 0 aliphatic carbocycles. The summed E-state index contributed by atoms with van der Waals surface area (Å²) in [5, 5.41) is 24.8. The Morgan fingerprint density at radius 2 is 1.61 bits per heavy atom. The van der Waals surface area contributed by atoms with E-state index in [1.165, 1.54) is 18.2 Å². The average Bonchev–Trinajstić information content (AvgIpc) is 2.64. The number of aliphatic carboxylic acids is 2. The molecule has 0 saturated heterocycles. The van der Waals surface area contributed by atoms with Gasteiger partial charge in [0.1, 0.15) is 11.9 Å². The first kappa shape index (κ1) is 22.9. The SMILES string of the molecule is O=C(O)CC[C@H](NC(=O)NCCCCCNC(=O)c1ccccc1[18F])C(=O)O. The Labute approximate surface area is 161 Å². The Hall–Kier alpha value is -3.17. The minimum Gasteiger partial charge on any atom is -0.481 e. The van der Waals surface area contributed by atoms with Gasteiger partial charge in [0.05, 0.1) is 5.56 Å². The third kappa shape index (κ3) is 8.97. The number of halogens is 1. The fourth-order valence-corrected chi connectivity index (χ4v) is 2.31. The lowest BCUT2D eigenvalue weighted by molar-refractivity contribution is -0.140. The van der Waals surface area contributed by atoms with Crippen molar-refractivity contribution in [2.75, 3.05) is 13.1 Å². The molecule has 0 aliphatic rings. The van der Waals surface area contributed by atoms with E-state index in [2.05, 4.69) is 16.0 Å². The Bertz CT molecular complexity index is 698. The van der Waals surface area contributed by atoms with E-state index < -0.39 is 35.7 Å². The highest BCUT2D eigenvalue weighted by molar-refractivity contribution is 5.94. The van der Waals surface area contributed by atoms with E-state index in [9.17, 15) is 23.6 Å². The van der Waals surface area contributed by atoms with Crippen LogP contribution in [0.25, 0.3) is 0 Å². The predicted molar refractivity (Wildman–Crippen MR) is 97.4 cm³/mol. The first-order valence-electron chi connectivity index (χ1n) is 8.83. The average molecular weight is 396 g/mol. The molecule has 0 unspecified atom stereocenters. The maximum Gasteiger partial charge on any atom is 0.326 e. The molecule has 154 valence electrons. The molecule has 0 aromatic heterocycles. The van der Waals surface area contributed by atoms with Gasteiger partial charge in [-0.05, 0) is 37.8 Å². The second-order valence-electron chi connectivity index (χ2n) is 6.02. The monoisotopic (exact) mass is 396 g/mol. The molecular formula is C18H24FN3O6. The molecule has 0 spiro atoms. The molecule has 5 N–H and O–H groups in total. The van der Waals surface area contributed by atoms with Crippen LogP contribution in [0.15, 0.2) is 24.3 Å². The van der Waals surface area contributed by atoms with E-state index in [1.54, 1.807) is 6.07 Å². The van der Waals surface area contributed by atoms with Gasteiger partial charge in [0.15, 0.2) is 0 Å². The summed E-state index contributed by atoms with van der Waals surface area (Å²) < 4.78 is 13.4. The zero-order valence-electron chi connectivity index (χ0n) is 15.2. The topological polar surface area (TPSA) is 145 Å². The molecule has 9 nitrogen and oxygen atoms in total. The van der Waals surface area contributed by atoms with Gasteiger partial charge >= 0.3 is 18.0 Å². The number of amides is 3. The number of benzene rings is 1. The smallest absolute Gasteiger partial charge is 0.326 e. The zero-order chi connectivity index (χ0) is 20.9. The van der Waals surface area contributed by atoms with E-state index in [-0.39, 0.29) is 18.4 Å². The molecule has 10 heteroatoms. The van der Waals surface area contributed by atoms with Crippen LogP contribution in [0.5, 0.6) is 0 Å². The lowest BCUT2D eigenvalue weighted by atomic mass is 10.1. The standard InChI is InChI=1S/C18H24FN3O6/c19-13-7-3-2-6-12(13)16(25)20-10-4-1-5-11-21-18(28)22-14(17(26)27)8-9-15(23)24/h2-3,6-7,14H,1,4-5,8-11H2,(H,20,25)(H,23,24)(H,26,27)(H2,21,22,28)/t14-/m0/s1/i19-1. The van der Waals surface area contributed by atoms with Gasteiger partial charge < -0.3 is 26.2 Å². The molecule has 0 radical (unpaired) electrons. The summed E-state index contributed by atoms with van der Waals surface area (Å²) in [5.41, 5.74) is -0.0169. The van der Waals surface area contributed by atoms with Gasteiger partial charge in [0.2, 0.25) is 0 Å². The van der Waals surface area contributed by atoms with E-state index in [0.717, 1.165) is 0 Å². The summed E-state index contributed by atoms with van der Waals surface area (Å²) >= 11 is 0. The second-order valence-corrected chi connectivity index (χ2v) is 6.02. The van der Waals surface area contributed by atoms with Crippen LogP contribution in [0.3, 0.4) is 0 Å². The minimum absolute atomic E-state index is 0.0169. The van der Waals surface area contributed by atoms with Crippen molar-refractivity contribution >= 4 is 23.9 Å². The molecule has 0 fully saturated rings. The van der Waals surface area contributed by atoms with Crippen LogP contribution in [0.1, 0.15) is 42.5 Å². The van der Waals surface area contributed by atoms with Crippen molar-refractivity contribution in [3.63, 3.8) is 0 Å². The van der Waals surface area contributed by atoms with Crippen molar-refractivity contribution in [3.05, 3.63) is 35.6 Å². The Morgan fingerprint density at radius 1 is 0.964 bits per heavy atom. The van der Waals surface area contributed by atoms with Crippen LogP contribution in [-0.4, -0.2) is 53.2 Å². The highest BCUT2D eigenvalue weighted by Crippen LogP contribution is 2.06. The van der Waals surface area contributed by atoms with Gasteiger partial charge in [-0.25, -0.2) is 14.0 Å². The Balaban J connectivity index is 2.15. The molecule has 1 aromatic carbocycles. The minimum atomic E-state index is -1.30. The summed E-state index contributed by atoms with van der Waals surface area (Å²) in [6, 6.07) is 3.72. The number of hydrogen-bond donors (Lipinski definition) is 5. The molecule has 1 rings (SSSR count). The maximum absolute atomic E-state index is 13.4. The third-order valence-electron chi connectivity index (χ3n) is 3.79. The molecule has 0 bridgehead atoms. The lowest BCUT2D eigenvalue weighted by Gasteiger charge is -2.14. The van der Waals surface area contributed by atoms with Gasteiger partial charge in [0, 0.05) is 19.5 Å². The zero-order valence-corrected chi connectivity index (χ0v) is 15.2. The number of carboxylic acid groups (broad SMARTS) is 2. The number of carbonyl (C=O) groups excluding carboxylic acids is 2. The largest absolute Gasteiger partial charge is 0.481 e. The molecule has 28 heavy (non-hydrogen) atoms. The lowest BCUT2D eigenvalue weighted by Crippen LogP contribution is -2.46. The van der Waals surface area contributed by atoms with Crippen LogP contribution in [-0.2, 0) is 9.59 Å². The van der Waals surface area contributed by atoms with E-state index in [1.807, 2.05) is 0 Å². The molecule has 1 atom stereocenters. The van der Waals surface area contributed by atoms with Crippen LogP contribution in [0.2, 0.25) is 0 Å². The summed E-state index contributed by atoms with van der Waals surface area (Å²) in [4.78, 5) is 44.9. The summed E-state index contributed by atoms with van der Waals surface area (Å²) in [6.07, 6.45) is 1.32. The number of carbonyl (C=O) groups is 4. The van der Waals surface area contributed by atoms with Gasteiger partial charge in [-0.2, -0.15) is 0 Å². The molecule has 3 amide bonds. The van der Waals surface area contributed by atoms with Gasteiger partial charge in [0.25, 0.3) is 5.91 Å². The van der Waals surface area contributed by atoms with Crippen molar-refractivity contribution in [3.8, 4) is 0 Å². The van der Waals surface area contributed by atoms with E-state index >= 15 is 0 Å². The normalized spacial score (nSPS) is 11.3. The molecular weight excluding hydrogens is 372 g/mol. The van der Waals surface area contributed by atoms with Gasteiger partial charge in [-0.3, -0.25) is 9.59 Å². The van der Waals surface area contributed by atoms with Crippen molar-refractivity contribution in [1.82, 2.24) is 16.0 Å². The maximum atomic E-state index is 13.4. The molecule has 0 aliphatic heterocycles. The van der Waals surface area contributed by atoms with E-state index in [0.29, 0.717) is 32.4 Å². The van der Waals surface area contributed by atoms with Crippen molar-refractivity contribution in [2.24, 2.45) is 0 Å². The van der Waals surface area contributed by atoms with Crippen LogP contribution in [0, 0.1) is 5.82 Å². The van der Waals surface area contributed by atoms with Gasteiger partial charge in [-0.1, -0.05) is 12.1 Å². The summed E-state index contributed by atoms with van der Waals surface area (Å²) in [7, 11) is 0. The number of carboxylic acids is 2. The van der Waals surface area contributed by atoms with Crippen LogP contribution in [0.4, 0.5) is 9.18 Å². The summed E-state index contributed by atoms with van der Waals surface area (Å²) in [5.74, 6) is -3.52. The Morgan fingerprint density at radius 3 is 2.21 bits per heavy atom. The fraction of sp³-hybridized carbons (Fsp3) is 0.444. The van der Waals surface area contributed by atoms with Crippen LogP contribution < -0.4 is 16.0 Å². The first-order chi connectivity index (χ1) is 13.3. The third-order valence-corrected chi connectivity index (χ3v) is 3.79. The van der Waals surface area contributed by atoms with Crippen molar-refractivity contribution < 1.29 is 33.8 Å². The molecule has 0 heterocycles. The van der Waals surface area contributed by atoms with Crippen LogP contribution >= 0.6 is 0 Å². The second kappa shape index (κ2) is 12.3. The predicted octanol–water partition coefficient (Wildman–Crippen LogP) is 1.34. The van der Waals surface area contributed by atoms with E-state index in [4.69, 9.17) is 10.2 Å². The quantitative estimate of drug-likeness (QED) is 0.337. The Kier molecular flexibility index (Phi) is 10.0. The highest BCUT2D eigenvalue weighted by atomic mass is 18.2. The highest BCUT2D eigenvalue weighted by Gasteiger charge is 2.20. The fourth-order valence-electron chi connectivity index (χ4n) is 2.31. The number of nitrogens with one attached hydrogen (secondary N) is 3. The summed E-state index contributed by atoms with van der Waals surface area (Å²) in [6.45, 7) is 0.647. The number of hydrogen-bond acceptors (Lipinski definition) is 4. The van der Waals surface area contributed by atoms with Gasteiger partial charge in [-0.15, -0.1) is 0 Å². The van der Waals surface area contributed by atoms with Crippen molar-refractivity contribution in [2.45, 2.75) is 38.1 Å². The number of rotatable bonds is 12. The molecule has 1 aromatic rings. The number of unbranched alkanes of at least 4 members (excludes halogenated alkanes) is 2.